The number of phenolic OH excluding ortho intramolecular Hbond substituents is 1. The summed E-state index contributed by atoms with van der Waals surface area (Å²) in [5, 5.41) is 10.8. The third kappa shape index (κ3) is 4.33. The van der Waals surface area contributed by atoms with Crippen molar-refractivity contribution in [1.29, 1.82) is 0 Å². The highest BCUT2D eigenvalue weighted by atomic mass is 16.3. The van der Waals surface area contributed by atoms with Gasteiger partial charge in [-0.2, -0.15) is 0 Å². The number of hydrogen-bond donors (Lipinski definition) is 1. The van der Waals surface area contributed by atoms with E-state index in [0.29, 0.717) is 17.3 Å². The maximum absolute atomic E-state index is 10.8. The highest BCUT2D eigenvalue weighted by Gasteiger charge is 2.48. The van der Waals surface area contributed by atoms with Crippen molar-refractivity contribution in [2.24, 2.45) is 0 Å². The summed E-state index contributed by atoms with van der Waals surface area (Å²) in [6.45, 7) is 6.70. The average Bonchev–Trinajstić information content (AvgIpc) is 3.37. The van der Waals surface area contributed by atoms with Crippen LogP contribution in [-0.4, -0.2) is 20.1 Å². The summed E-state index contributed by atoms with van der Waals surface area (Å²) >= 11 is 0. The van der Waals surface area contributed by atoms with Crippen molar-refractivity contribution in [3.63, 3.8) is 0 Å². The van der Waals surface area contributed by atoms with E-state index in [4.69, 9.17) is 16.3 Å². The molecule has 7 aromatic rings. The summed E-state index contributed by atoms with van der Waals surface area (Å²) in [5.74, 6) is 0.179. The second-order valence-corrected chi connectivity index (χ2v) is 13.0. The SMILES string of the molecule is [2H]c1ccc2c(c1)C(c1cccc(-c3cnc4ccccc4n3)c1)(c1cccc(-c3ccccc3O)n1)c1cc(C(C)(C)C)ccc1-2. The van der Waals surface area contributed by atoms with E-state index >= 15 is 0 Å². The molecule has 0 amide bonds. The number of phenols is 1. The van der Waals surface area contributed by atoms with Gasteiger partial charge in [-0.1, -0.05) is 112 Å². The predicted octanol–water partition coefficient (Wildman–Crippen LogP) is 9.72. The Morgan fingerprint density at radius 1 is 0.630 bits per heavy atom. The van der Waals surface area contributed by atoms with E-state index in [1.54, 1.807) is 6.07 Å². The van der Waals surface area contributed by atoms with Gasteiger partial charge >= 0.3 is 0 Å². The molecule has 0 radical (unpaired) electrons. The fourth-order valence-corrected chi connectivity index (χ4v) is 6.90. The molecule has 0 aliphatic heterocycles. The molecule has 0 bridgehead atoms. The molecule has 0 fully saturated rings. The topological polar surface area (TPSA) is 58.9 Å². The van der Waals surface area contributed by atoms with Gasteiger partial charge in [0.25, 0.3) is 0 Å². The van der Waals surface area contributed by atoms with Crippen LogP contribution in [0.3, 0.4) is 0 Å². The molecular formula is C42H33N3O. The molecule has 4 nitrogen and oxygen atoms in total. The van der Waals surface area contributed by atoms with Gasteiger partial charge in [0.1, 0.15) is 5.75 Å². The van der Waals surface area contributed by atoms with Crippen molar-refractivity contribution < 1.29 is 6.48 Å². The summed E-state index contributed by atoms with van der Waals surface area (Å²) in [6, 6.07) is 42.9. The Morgan fingerprint density at radius 3 is 2.24 bits per heavy atom. The quantitative estimate of drug-likeness (QED) is 0.220. The number of hydrogen-bond acceptors (Lipinski definition) is 4. The number of aromatic hydroxyl groups is 1. The number of aromatic nitrogens is 3. The molecule has 8 rings (SSSR count). The fourth-order valence-electron chi connectivity index (χ4n) is 6.90. The van der Waals surface area contributed by atoms with Gasteiger partial charge in [0.2, 0.25) is 0 Å². The van der Waals surface area contributed by atoms with E-state index in [-0.39, 0.29) is 11.2 Å². The minimum Gasteiger partial charge on any atom is -0.507 e. The number of nitrogens with zero attached hydrogens (tertiary/aromatic N) is 3. The van der Waals surface area contributed by atoms with Crippen LogP contribution in [-0.2, 0) is 10.8 Å². The van der Waals surface area contributed by atoms with E-state index in [9.17, 15) is 5.11 Å². The molecule has 1 aliphatic rings. The second-order valence-electron chi connectivity index (χ2n) is 13.0. The number of fused-ring (bicyclic) bond motifs is 4. The summed E-state index contributed by atoms with van der Waals surface area (Å²) in [7, 11) is 0. The van der Waals surface area contributed by atoms with E-state index < -0.39 is 5.41 Å². The lowest BCUT2D eigenvalue weighted by Gasteiger charge is -2.34. The van der Waals surface area contributed by atoms with Gasteiger partial charge in [-0.3, -0.25) is 9.97 Å². The molecular weight excluding hydrogens is 562 g/mol. The average molecular weight is 597 g/mol. The molecule has 1 atom stereocenters. The zero-order valence-electron chi connectivity index (χ0n) is 27.0. The molecule has 4 heteroatoms. The molecule has 46 heavy (non-hydrogen) atoms. The minimum absolute atomic E-state index is 0.0935. The van der Waals surface area contributed by atoms with Crippen LogP contribution >= 0.6 is 0 Å². The monoisotopic (exact) mass is 596 g/mol. The van der Waals surface area contributed by atoms with Crippen LogP contribution in [0.4, 0.5) is 0 Å². The second kappa shape index (κ2) is 10.5. The van der Waals surface area contributed by atoms with E-state index in [2.05, 4.69) is 75.4 Å². The maximum atomic E-state index is 10.8. The van der Waals surface area contributed by atoms with Crippen LogP contribution < -0.4 is 0 Å². The zero-order chi connectivity index (χ0) is 32.3. The van der Waals surface area contributed by atoms with Crippen molar-refractivity contribution in [2.45, 2.75) is 31.6 Å². The van der Waals surface area contributed by atoms with Gasteiger partial charge in [-0.15, -0.1) is 0 Å². The first-order valence-corrected chi connectivity index (χ1v) is 15.6. The summed E-state index contributed by atoms with van der Waals surface area (Å²) in [6.07, 6.45) is 1.83. The first-order valence-electron chi connectivity index (χ1n) is 16.1. The number of para-hydroxylation sites is 3. The highest BCUT2D eigenvalue weighted by Crippen LogP contribution is 2.56. The number of rotatable bonds is 4. The Bertz CT molecular complexity index is 2340. The van der Waals surface area contributed by atoms with Gasteiger partial charge in [0.05, 0.1) is 41.1 Å². The van der Waals surface area contributed by atoms with Crippen LogP contribution in [0, 0.1) is 0 Å². The van der Waals surface area contributed by atoms with Crippen LogP contribution in [0.1, 0.15) is 50.1 Å². The number of benzene rings is 5. The lowest BCUT2D eigenvalue weighted by atomic mass is 9.68. The lowest BCUT2D eigenvalue weighted by Crippen LogP contribution is -2.30. The molecule has 0 saturated heterocycles. The molecule has 2 aromatic heterocycles. The van der Waals surface area contributed by atoms with Crippen molar-refractivity contribution in [2.75, 3.05) is 0 Å². The van der Waals surface area contributed by atoms with E-state index in [0.717, 1.165) is 55.8 Å². The van der Waals surface area contributed by atoms with Gasteiger partial charge < -0.3 is 5.11 Å². The first-order chi connectivity index (χ1) is 22.7. The lowest BCUT2D eigenvalue weighted by molar-refractivity contribution is 0.477. The minimum atomic E-state index is -0.857. The van der Waals surface area contributed by atoms with Crippen LogP contribution in [0.25, 0.3) is 44.7 Å². The third-order valence-corrected chi connectivity index (χ3v) is 9.20. The Labute approximate surface area is 270 Å². The smallest absolute Gasteiger partial charge is 0.124 e. The molecule has 0 saturated carbocycles. The van der Waals surface area contributed by atoms with Crippen LogP contribution in [0.15, 0.2) is 140 Å². The van der Waals surface area contributed by atoms with Crippen molar-refractivity contribution >= 4 is 11.0 Å². The molecule has 1 N–H and O–H groups in total. The third-order valence-electron chi connectivity index (χ3n) is 9.20. The zero-order valence-corrected chi connectivity index (χ0v) is 26.0. The standard InChI is InChI=1S/C42H33N3O/c1-41(2,3)28-22-23-31-30-14-4-6-16-33(30)42(34(31)25-28,40-21-11-19-35(45-40)32-15-5-9-20-39(32)46)29-13-10-12-27(24-29)38-26-43-36-17-7-8-18-37(36)44-38/h4-26,46H,1-3H3/i6D. The molecule has 222 valence electrons. The molecule has 2 heterocycles. The molecule has 1 unspecified atom stereocenters. The first kappa shape index (κ1) is 26.8. The van der Waals surface area contributed by atoms with Crippen LogP contribution in [0.2, 0.25) is 0 Å². The number of pyridine rings is 1. The van der Waals surface area contributed by atoms with Crippen molar-refractivity contribution in [3.05, 3.63) is 168 Å². The van der Waals surface area contributed by atoms with Gasteiger partial charge in [0, 0.05) is 11.1 Å². The summed E-state index contributed by atoms with van der Waals surface area (Å²) in [5.41, 5.74) is 11.2. The van der Waals surface area contributed by atoms with E-state index in [1.807, 2.05) is 72.9 Å². The Balaban J connectivity index is 1.46. The van der Waals surface area contributed by atoms with Crippen LogP contribution in [0.5, 0.6) is 5.75 Å². The van der Waals surface area contributed by atoms with Crippen molar-refractivity contribution in [3.8, 4) is 39.4 Å². The molecule has 0 spiro atoms. The fraction of sp³-hybridized carbons (Fsp3) is 0.119. The molecule has 1 aliphatic carbocycles. The molecule has 5 aromatic carbocycles. The Hall–Kier alpha value is -5.61. The summed E-state index contributed by atoms with van der Waals surface area (Å²) in [4.78, 5) is 15.0. The normalized spacial score (nSPS) is 15.8. The van der Waals surface area contributed by atoms with Gasteiger partial charge in [0.15, 0.2) is 0 Å². The Morgan fingerprint density at radius 2 is 1.39 bits per heavy atom. The van der Waals surface area contributed by atoms with Gasteiger partial charge in [-0.25, -0.2) is 4.98 Å². The Kier molecular flexibility index (Phi) is 6.10. The van der Waals surface area contributed by atoms with Crippen molar-refractivity contribution in [1.82, 2.24) is 15.0 Å². The predicted molar refractivity (Wildman–Crippen MR) is 186 cm³/mol. The summed E-state index contributed by atoms with van der Waals surface area (Å²) < 4.78 is 8.80. The van der Waals surface area contributed by atoms with Gasteiger partial charge in [-0.05, 0) is 81.3 Å². The van der Waals surface area contributed by atoms with E-state index in [1.165, 1.54) is 5.56 Å². The maximum Gasteiger partial charge on any atom is 0.124 e. The largest absolute Gasteiger partial charge is 0.507 e. The highest BCUT2D eigenvalue weighted by molar-refractivity contribution is 5.87.